The van der Waals surface area contributed by atoms with Crippen LogP contribution in [0.15, 0.2) is 30.3 Å². The average Bonchev–Trinajstić information content (AvgIpc) is 2.96. The van der Waals surface area contributed by atoms with Crippen LogP contribution in [-0.4, -0.2) is 56.7 Å². The van der Waals surface area contributed by atoms with Gasteiger partial charge in [0.1, 0.15) is 11.4 Å². The lowest BCUT2D eigenvalue weighted by molar-refractivity contribution is -0.216. The molecule has 0 unspecified atom stereocenters. The van der Waals surface area contributed by atoms with Crippen molar-refractivity contribution in [3.8, 4) is 0 Å². The molecule has 3 fully saturated rings. The maximum absolute atomic E-state index is 12.6. The summed E-state index contributed by atoms with van der Waals surface area (Å²) in [5, 5.41) is 11.8. The fourth-order valence-corrected chi connectivity index (χ4v) is 5.28. The van der Waals surface area contributed by atoms with Gasteiger partial charge in [0.25, 0.3) is 11.6 Å². The molecule has 26 heavy (non-hydrogen) atoms. The third-order valence-electron chi connectivity index (χ3n) is 4.94. The first kappa shape index (κ1) is 16.9. The molecular weight excluding hydrogens is 360 g/mol. The number of benzene rings is 1. The van der Waals surface area contributed by atoms with Crippen molar-refractivity contribution in [1.82, 2.24) is 10.2 Å². The minimum atomic E-state index is -1.94. The van der Waals surface area contributed by atoms with E-state index in [1.807, 2.05) is 30.3 Å². The molecule has 0 spiro atoms. The largest absolute Gasteiger partial charge is 0.477 e. The maximum Gasteiger partial charge on any atom is 0.370 e. The molecule has 3 aliphatic heterocycles. The van der Waals surface area contributed by atoms with Crippen molar-refractivity contribution < 1.29 is 29.0 Å². The summed E-state index contributed by atoms with van der Waals surface area (Å²) in [6.07, 6.45) is 0.102. The molecule has 8 nitrogen and oxygen atoms in total. The van der Waals surface area contributed by atoms with Gasteiger partial charge in [0, 0.05) is 11.7 Å². The summed E-state index contributed by atoms with van der Waals surface area (Å²) in [4.78, 5) is 49.4. The molecule has 4 atom stereocenters. The highest BCUT2D eigenvalue weighted by molar-refractivity contribution is 8.00. The number of ether oxygens (including phenoxy) is 1. The third-order valence-corrected chi connectivity index (χ3v) is 6.35. The van der Waals surface area contributed by atoms with Gasteiger partial charge >= 0.3 is 11.9 Å². The highest BCUT2D eigenvalue weighted by Gasteiger charge is 2.71. The number of hydrogen-bond acceptors (Lipinski definition) is 6. The lowest BCUT2D eigenvalue weighted by atomic mass is 9.89. The van der Waals surface area contributed by atoms with E-state index >= 15 is 0 Å². The first-order valence-corrected chi connectivity index (χ1v) is 9.21. The van der Waals surface area contributed by atoms with Gasteiger partial charge in [0.05, 0.1) is 12.8 Å². The van der Waals surface area contributed by atoms with Crippen LogP contribution < -0.4 is 5.32 Å². The Labute approximate surface area is 152 Å². The number of carbonyl (C=O) groups is 4. The molecule has 3 aliphatic rings. The predicted molar refractivity (Wildman–Crippen MR) is 89.7 cm³/mol. The lowest BCUT2D eigenvalue weighted by Gasteiger charge is -2.56. The van der Waals surface area contributed by atoms with E-state index in [1.165, 1.54) is 11.8 Å². The Morgan fingerprint density at radius 1 is 1.31 bits per heavy atom. The number of amides is 2. The number of nitrogens with zero attached hydrogens (tertiary/aromatic N) is 1. The third kappa shape index (κ3) is 2.38. The van der Waals surface area contributed by atoms with E-state index in [4.69, 9.17) is 4.74 Å². The predicted octanol–water partition coefficient (Wildman–Crippen LogP) is -0.0270. The Kier molecular flexibility index (Phi) is 3.91. The Balaban J connectivity index is 1.49. The molecule has 1 aromatic carbocycles. The number of thioether (sulfide) groups is 1. The molecule has 9 heteroatoms. The number of fused-ring (bicyclic) bond motifs is 3. The number of carbonyl (C=O) groups excluding carboxylic acids is 3. The number of nitrogens with one attached hydrogen (secondary N) is 1. The van der Waals surface area contributed by atoms with Crippen LogP contribution in [0.4, 0.5) is 0 Å². The molecule has 2 N–H and O–H groups in total. The smallest absolute Gasteiger partial charge is 0.370 e. The van der Waals surface area contributed by atoms with Gasteiger partial charge in [-0.15, -0.1) is 11.8 Å². The summed E-state index contributed by atoms with van der Waals surface area (Å²) in [7, 11) is 0. The molecule has 0 radical (unpaired) electrons. The Bertz CT molecular complexity index is 800. The molecule has 136 valence electrons. The normalized spacial score (nSPS) is 32.2. The van der Waals surface area contributed by atoms with Crippen LogP contribution in [0.3, 0.4) is 0 Å². The summed E-state index contributed by atoms with van der Waals surface area (Å²) >= 11 is 1.36. The van der Waals surface area contributed by atoms with Gasteiger partial charge in [0.2, 0.25) is 5.91 Å². The Hall–Kier alpha value is -2.55. The van der Waals surface area contributed by atoms with Crippen molar-refractivity contribution in [1.29, 1.82) is 0 Å². The first-order valence-electron chi connectivity index (χ1n) is 8.17. The topological polar surface area (TPSA) is 113 Å². The van der Waals surface area contributed by atoms with E-state index < -0.39 is 40.9 Å². The summed E-state index contributed by atoms with van der Waals surface area (Å²) in [6.45, 7) is 0. The number of β-lactam (4-membered cyclic amide) rings is 1. The second kappa shape index (κ2) is 6.01. The fourth-order valence-electron chi connectivity index (χ4n) is 3.72. The van der Waals surface area contributed by atoms with Crippen LogP contribution in [-0.2, 0) is 30.3 Å². The number of rotatable bonds is 4. The number of carboxylic acids is 1. The van der Waals surface area contributed by atoms with Crippen LogP contribution in [0.1, 0.15) is 12.0 Å². The second-order valence-electron chi connectivity index (χ2n) is 6.52. The Morgan fingerprint density at radius 2 is 2.04 bits per heavy atom. The molecule has 1 aromatic rings. The number of hydrogen-bond donors (Lipinski definition) is 2. The van der Waals surface area contributed by atoms with Crippen LogP contribution in [0, 0.1) is 5.92 Å². The molecular formula is C17H16N2O6S. The Morgan fingerprint density at radius 3 is 2.73 bits per heavy atom. The van der Waals surface area contributed by atoms with E-state index in [9.17, 15) is 24.3 Å². The minimum absolute atomic E-state index is 0.0270. The second-order valence-corrected chi connectivity index (χ2v) is 7.67. The van der Waals surface area contributed by atoms with E-state index in [1.54, 1.807) is 0 Å². The number of carboxylic acid groups (broad SMARTS) is 1. The van der Waals surface area contributed by atoms with Crippen LogP contribution >= 0.6 is 11.8 Å². The zero-order valence-electron chi connectivity index (χ0n) is 13.6. The van der Waals surface area contributed by atoms with Crippen molar-refractivity contribution in [2.24, 2.45) is 5.92 Å². The van der Waals surface area contributed by atoms with Crippen LogP contribution in [0.2, 0.25) is 0 Å². The number of aliphatic carboxylic acids is 1. The molecule has 0 aromatic heterocycles. The molecule has 3 heterocycles. The lowest BCUT2D eigenvalue weighted by Crippen LogP contribution is -2.80. The highest BCUT2D eigenvalue weighted by atomic mass is 32.2. The van der Waals surface area contributed by atoms with Crippen molar-refractivity contribution in [3.05, 3.63) is 35.9 Å². The minimum Gasteiger partial charge on any atom is -0.477 e. The maximum atomic E-state index is 12.6. The standard InChI is InChI=1S/C17H16N2O6S/c20-11(6-9-4-2-1-3-5-9)18-13-14(22)19-15(13)26-8-10-7-12(21)25-17(10,19)16(23)24/h1-5,10,13,15H,6-8H2,(H,18,20)(H,23,24)/t10-,13+,15+,17+/m0/s1. The fraction of sp³-hybridized carbons (Fsp3) is 0.412. The summed E-state index contributed by atoms with van der Waals surface area (Å²) in [5.74, 6) is -3.03. The summed E-state index contributed by atoms with van der Waals surface area (Å²) in [6, 6.07) is 8.30. The van der Waals surface area contributed by atoms with Crippen molar-refractivity contribution in [2.75, 3.05) is 5.75 Å². The first-order chi connectivity index (χ1) is 12.4. The van der Waals surface area contributed by atoms with Gasteiger partial charge in [-0.25, -0.2) is 4.79 Å². The summed E-state index contributed by atoms with van der Waals surface area (Å²) in [5.41, 5.74) is -1.12. The van der Waals surface area contributed by atoms with Crippen LogP contribution in [0.25, 0.3) is 0 Å². The van der Waals surface area contributed by atoms with Gasteiger partial charge in [0.15, 0.2) is 0 Å². The van der Waals surface area contributed by atoms with Gasteiger partial charge in [-0.2, -0.15) is 0 Å². The molecule has 4 rings (SSSR count). The summed E-state index contributed by atoms with van der Waals surface area (Å²) < 4.78 is 5.11. The zero-order chi connectivity index (χ0) is 18.5. The molecule has 0 aliphatic carbocycles. The van der Waals surface area contributed by atoms with Crippen molar-refractivity contribution in [2.45, 2.75) is 30.0 Å². The van der Waals surface area contributed by atoms with E-state index in [0.29, 0.717) is 5.75 Å². The van der Waals surface area contributed by atoms with E-state index in [0.717, 1.165) is 10.5 Å². The highest BCUT2D eigenvalue weighted by Crippen LogP contribution is 2.51. The van der Waals surface area contributed by atoms with E-state index in [2.05, 4.69) is 5.32 Å². The van der Waals surface area contributed by atoms with E-state index in [-0.39, 0.29) is 18.7 Å². The van der Waals surface area contributed by atoms with Crippen molar-refractivity contribution in [3.63, 3.8) is 0 Å². The molecule has 0 bridgehead atoms. The van der Waals surface area contributed by atoms with Crippen molar-refractivity contribution >= 4 is 35.5 Å². The molecule has 3 saturated heterocycles. The molecule has 2 amide bonds. The SMILES string of the molecule is O=C(Cc1ccccc1)N[C@@H]1C(=O)N2[C@@H]1SC[C@@H]1CC(=O)O[C@@]12C(=O)O. The quantitative estimate of drug-likeness (QED) is 0.561. The van der Waals surface area contributed by atoms with Gasteiger partial charge in [-0.1, -0.05) is 30.3 Å². The van der Waals surface area contributed by atoms with Gasteiger partial charge in [-0.3, -0.25) is 19.3 Å². The zero-order valence-corrected chi connectivity index (χ0v) is 14.4. The van der Waals surface area contributed by atoms with Gasteiger partial charge in [-0.05, 0) is 5.56 Å². The average molecular weight is 376 g/mol. The van der Waals surface area contributed by atoms with Crippen LogP contribution in [0.5, 0.6) is 0 Å². The number of esters is 1. The van der Waals surface area contributed by atoms with Gasteiger partial charge < -0.3 is 15.2 Å². The monoisotopic (exact) mass is 376 g/mol. The molecule has 0 saturated carbocycles.